The lowest BCUT2D eigenvalue weighted by atomic mass is 9.98. The molecule has 2 bridgehead atoms. The fraction of sp³-hybridized carbons (Fsp3) is 1.00. The molecule has 1 N–H and O–H groups in total. The molecule has 2 heterocycles. The van der Waals surface area contributed by atoms with Crippen molar-refractivity contribution in [3.8, 4) is 0 Å². The van der Waals surface area contributed by atoms with E-state index in [-0.39, 0.29) is 0 Å². The van der Waals surface area contributed by atoms with E-state index < -0.39 is 0 Å². The third kappa shape index (κ3) is 1.34. The SMILES string of the molecule is C1CC[C@@H]2CCC[C@@H](C1)N2. The van der Waals surface area contributed by atoms with Crippen molar-refractivity contribution in [3.05, 3.63) is 0 Å². The van der Waals surface area contributed by atoms with Gasteiger partial charge in [-0.15, -0.1) is 0 Å². The van der Waals surface area contributed by atoms with Crippen molar-refractivity contribution < 1.29 is 0 Å². The van der Waals surface area contributed by atoms with E-state index in [0.29, 0.717) is 0 Å². The lowest BCUT2D eigenvalue weighted by Gasteiger charge is -2.27. The van der Waals surface area contributed by atoms with Crippen LogP contribution in [0.25, 0.3) is 0 Å². The van der Waals surface area contributed by atoms with Crippen LogP contribution in [0, 0.1) is 0 Å². The molecule has 0 aliphatic carbocycles. The van der Waals surface area contributed by atoms with E-state index in [1.54, 1.807) is 0 Å². The van der Waals surface area contributed by atoms with E-state index in [9.17, 15) is 0 Å². The standard InChI is InChI=1S/C9H17N/c1-2-5-9-7-3-6-8(4-1)10-9/h8-10H,1-7H2/t8-,9-/m1/s1. The van der Waals surface area contributed by atoms with Crippen LogP contribution in [-0.4, -0.2) is 12.1 Å². The minimum atomic E-state index is 0.890. The molecule has 2 saturated heterocycles. The van der Waals surface area contributed by atoms with Crippen molar-refractivity contribution in [1.82, 2.24) is 5.32 Å². The van der Waals surface area contributed by atoms with Crippen LogP contribution in [0.1, 0.15) is 44.9 Å². The average molecular weight is 139 g/mol. The molecule has 1 heteroatoms. The second-order valence-corrected chi connectivity index (χ2v) is 3.78. The quantitative estimate of drug-likeness (QED) is 0.541. The van der Waals surface area contributed by atoms with Gasteiger partial charge in [-0.3, -0.25) is 0 Å². The molecule has 2 rings (SSSR count). The molecular weight excluding hydrogens is 122 g/mol. The summed E-state index contributed by atoms with van der Waals surface area (Å²) in [4.78, 5) is 0. The monoisotopic (exact) mass is 139 g/mol. The fourth-order valence-electron chi connectivity index (χ4n) is 2.35. The predicted molar refractivity (Wildman–Crippen MR) is 43.0 cm³/mol. The van der Waals surface area contributed by atoms with Crippen molar-refractivity contribution in [2.75, 3.05) is 0 Å². The highest BCUT2D eigenvalue weighted by Gasteiger charge is 2.22. The Kier molecular flexibility index (Phi) is 1.94. The summed E-state index contributed by atoms with van der Waals surface area (Å²) in [6.07, 6.45) is 10.2. The minimum Gasteiger partial charge on any atom is -0.311 e. The molecule has 0 spiro atoms. The van der Waals surface area contributed by atoms with E-state index in [1.807, 2.05) is 0 Å². The lowest BCUT2D eigenvalue weighted by molar-refractivity contribution is 0.324. The van der Waals surface area contributed by atoms with Crippen LogP contribution in [0.3, 0.4) is 0 Å². The highest BCUT2D eigenvalue weighted by Crippen LogP contribution is 2.23. The Balaban J connectivity index is 1.96. The molecule has 58 valence electrons. The zero-order valence-electron chi connectivity index (χ0n) is 6.60. The van der Waals surface area contributed by atoms with E-state index in [2.05, 4.69) is 5.32 Å². The van der Waals surface area contributed by atoms with Gasteiger partial charge in [0, 0.05) is 12.1 Å². The normalized spacial score (nSPS) is 40.8. The van der Waals surface area contributed by atoms with Gasteiger partial charge in [0.25, 0.3) is 0 Å². The van der Waals surface area contributed by atoms with E-state index in [1.165, 1.54) is 44.9 Å². The van der Waals surface area contributed by atoms with Crippen molar-refractivity contribution >= 4 is 0 Å². The lowest BCUT2D eigenvalue weighted by Crippen LogP contribution is -2.40. The minimum absolute atomic E-state index is 0.890. The van der Waals surface area contributed by atoms with Crippen LogP contribution in [0.2, 0.25) is 0 Å². The molecule has 0 aromatic rings. The largest absolute Gasteiger partial charge is 0.311 e. The van der Waals surface area contributed by atoms with Crippen LogP contribution in [0.15, 0.2) is 0 Å². The van der Waals surface area contributed by atoms with E-state index >= 15 is 0 Å². The molecule has 2 aliphatic heterocycles. The summed E-state index contributed by atoms with van der Waals surface area (Å²) in [7, 11) is 0. The Hall–Kier alpha value is -0.0400. The number of nitrogens with one attached hydrogen (secondary N) is 1. The van der Waals surface area contributed by atoms with E-state index in [4.69, 9.17) is 0 Å². The third-order valence-electron chi connectivity index (χ3n) is 2.93. The zero-order valence-corrected chi connectivity index (χ0v) is 6.60. The third-order valence-corrected chi connectivity index (χ3v) is 2.93. The first-order valence-electron chi connectivity index (χ1n) is 4.71. The molecular formula is C9H17N. The summed E-state index contributed by atoms with van der Waals surface area (Å²) in [5.41, 5.74) is 0. The number of piperidine rings is 1. The first-order chi connectivity index (χ1) is 4.95. The van der Waals surface area contributed by atoms with Crippen LogP contribution < -0.4 is 5.32 Å². The average Bonchev–Trinajstić information content (AvgIpc) is 2.12. The molecule has 2 atom stereocenters. The van der Waals surface area contributed by atoms with Gasteiger partial charge >= 0.3 is 0 Å². The number of hydrogen-bond acceptors (Lipinski definition) is 1. The van der Waals surface area contributed by atoms with Crippen molar-refractivity contribution in [3.63, 3.8) is 0 Å². The van der Waals surface area contributed by atoms with Crippen LogP contribution in [0.4, 0.5) is 0 Å². The van der Waals surface area contributed by atoms with Crippen molar-refractivity contribution in [1.29, 1.82) is 0 Å². The number of hydrogen-bond donors (Lipinski definition) is 1. The van der Waals surface area contributed by atoms with Crippen LogP contribution in [-0.2, 0) is 0 Å². The predicted octanol–water partition coefficient (Wildman–Crippen LogP) is 2.07. The Morgan fingerprint density at radius 3 is 1.80 bits per heavy atom. The Bertz CT molecular complexity index is 99.3. The number of fused-ring (bicyclic) bond motifs is 2. The van der Waals surface area contributed by atoms with Gasteiger partial charge in [-0.05, 0) is 25.7 Å². The molecule has 1 nitrogen and oxygen atoms in total. The van der Waals surface area contributed by atoms with Crippen LogP contribution in [0.5, 0.6) is 0 Å². The van der Waals surface area contributed by atoms with Gasteiger partial charge in [0.15, 0.2) is 0 Å². The first-order valence-corrected chi connectivity index (χ1v) is 4.71. The molecule has 10 heavy (non-hydrogen) atoms. The van der Waals surface area contributed by atoms with Gasteiger partial charge in [-0.1, -0.05) is 19.3 Å². The van der Waals surface area contributed by atoms with Crippen LogP contribution >= 0.6 is 0 Å². The zero-order chi connectivity index (χ0) is 6.81. The van der Waals surface area contributed by atoms with Gasteiger partial charge in [-0.2, -0.15) is 0 Å². The van der Waals surface area contributed by atoms with Gasteiger partial charge in [-0.25, -0.2) is 0 Å². The molecule has 0 unspecified atom stereocenters. The molecule has 0 aromatic carbocycles. The molecule has 0 amide bonds. The maximum atomic E-state index is 3.72. The Labute approximate surface area is 63.2 Å². The smallest absolute Gasteiger partial charge is 0.00696 e. The van der Waals surface area contributed by atoms with Crippen molar-refractivity contribution in [2.24, 2.45) is 0 Å². The second-order valence-electron chi connectivity index (χ2n) is 3.78. The summed E-state index contributed by atoms with van der Waals surface area (Å²) in [5.74, 6) is 0. The molecule has 0 radical (unpaired) electrons. The molecule has 0 saturated carbocycles. The van der Waals surface area contributed by atoms with Gasteiger partial charge in [0.05, 0.1) is 0 Å². The molecule has 2 fully saturated rings. The van der Waals surface area contributed by atoms with Gasteiger partial charge < -0.3 is 5.32 Å². The molecule has 2 aliphatic rings. The van der Waals surface area contributed by atoms with E-state index in [0.717, 1.165) is 12.1 Å². The fourth-order valence-corrected chi connectivity index (χ4v) is 2.35. The summed E-state index contributed by atoms with van der Waals surface area (Å²) in [5, 5.41) is 3.72. The first kappa shape index (κ1) is 6.66. The molecule has 0 aromatic heterocycles. The highest BCUT2D eigenvalue weighted by atomic mass is 15.0. The summed E-state index contributed by atoms with van der Waals surface area (Å²) in [6, 6.07) is 1.78. The van der Waals surface area contributed by atoms with Crippen molar-refractivity contribution in [2.45, 2.75) is 57.0 Å². The Morgan fingerprint density at radius 2 is 1.20 bits per heavy atom. The maximum absolute atomic E-state index is 3.72. The summed E-state index contributed by atoms with van der Waals surface area (Å²) in [6.45, 7) is 0. The topological polar surface area (TPSA) is 12.0 Å². The summed E-state index contributed by atoms with van der Waals surface area (Å²) >= 11 is 0. The Morgan fingerprint density at radius 1 is 0.700 bits per heavy atom. The van der Waals surface area contributed by atoms with Gasteiger partial charge in [0.2, 0.25) is 0 Å². The van der Waals surface area contributed by atoms with Gasteiger partial charge in [0.1, 0.15) is 0 Å². The highest BCUT2D eigenvalue weighted by molar-refractivity contribution is 4.82. The summed E-state index contributed by atoms with van der Waals surface area (Å²) < 4.78 is 0. The number of rotatable bonds is 0. The maximum Gasteiger partial charge on any atom is 0.00696 e. The second kappa shape index (κ2) is 2.91.